The Morgan fingerprint density at radius 1 is 1.15 bits per heavy atom. The number of rotatable bonds is 8. The fraction of sp³-hybridized carbons (Fsp3) is 0.667. The monoisotopic (exact) mass is 292 g/mol. The van der Waals surface area contributed by atoms with Gasteiger partial charge in [-0.25, -0.2) is 9.97 Å². The van der Waals surface area contributed by atoms with Gasteiger partial charge < -0.3 is 15.4 Å². The number of alkyl halides is 3. The molecule has 0 aromatic carbocycles. The second-order valence-electron chi connectivity index (χ2n) is 4.03. The topological polar surface area (TPSA) is 59.1 Å². The molecule has 1 rings (SSSR count). The lowest BCUT2D eigenvalue weighted by Gasteiger charge is -2.14. The molecule has 20 heavy (non-hydrogen) atoms. The normalized spacial score (nSPS) is 11.4. The Morgan fingerprint density at radius 2 is 1.80 bits per heavy atom. The summed E-state index contributed by atoms with van der Waals surface area (Å²) in [5.74, 6) is 1.36. The molecule has 1 heterocycles. The molecule has 114 valence electrons. The van der Waals surface area contributed by atoms with Gasteiger partial charge in [0.2, 0.25) is 0 Å². The maximum atomic E-state index is 11.9. The van der Waals surface area contributed by atoms with Gasteiger partial charge in [0.1, 0.15) is 24.6 Å². The molecule has 0 fully saturated rings. The van der Waals surface area contributed by atoms with E-state index < -0.39 is 12.8 Å². The Hall–Kier alpha value is -1.57. The zero-order valence-corrected chi connectivity index (χ0v) is 11.5. The zero-order valence-electron chi connectivity index (χ0n) is 11.5. The average Bonchev–Trinajstić information content (AvgIpc) is 2.37. The van der Waals surface area contributed by atoms with Crippen molar-refractivity contribution in [3.63, 3.8) is 0 Å². The second-order valence-corrected chi connectivity index (χ2v) is 4.03. The highest BCUT2D eigenvalue weighted by Crippen LogP contribution is 2.20. The number of hydrogen-bond donors (Lipinski definition) is 2. The van der Waals surface area contributed by atoms with Gasteiger partial charge in [0, 0.05) is 18.7 Å². The smallest absolute Gasteiger partial charge is 0.370 e. The van der Waals surface area contributed by atoms with Crippen LogP contribution < -0.4 is 10.6 Å². The summed E-state index contributed by atoms with van der Waals surface area (Å²) < 4.78 is 40.2. The molecule has 0 radical (unpaired) electrons. The van der Waals surface area contributed by atoms with Crippen molar-refractivity contribution in [2.45, 2.75) is 26.4 Å². The molecule has 0 aliphatic rings. The molecule has 8 heteroatoms. The van der Waals surface area contributed by atoms with Crippen molar-refractivity contribution in [1.29, 1.82) is 0 Å². The summed E-state index contributed by atoms with van der Waals surface area (Å²) in [4.78, 5) is 8.23. The lowest BCUT2D eigenvalue weighted by molar-refractivity contribution is -0.172. The van der Waals surface area contributed by atoms with E-state index in [0.717, 1.165) is 24.3 Å². The highest BCUT2D eigenvalue weighted by Gasteiger charge is 2.27. The van der Waals surface area contributed by atoms with E-state index in [-0.39, 0.29) is 13.2 Å². The number of hydrogen-bond acceptors (Lipinski definition) is 5. The maximum absolute atomic E-state index is 11.9. The van der Waals surface area contributed by atoms with Crippen LogP contribution in [0.15, 0.2) is 6.33 Å². The number of nitrogens with zero attached hydrogens (tertiary/aromatic N) is 2. The number of aromatic nitrogens is 2. The van der Waals surface area contributed by atoms with E-state index in [0.29, 0.717) is 5.82 Å². The molecule has 2 N–H and O–H groups in total. The third-order valence-electron chi connectivity index (χ3n) is 2.45. The number of halogens is 3. The Bertz CT molecular complexity index is 412. The van der Waals surface area contributed by atoms with Crippen LogP contribution in [0.1, 0.15) is 19.4 Å². The van der Waals surface area contributed by atoms with Gasteiger partial charge in [-0.05, 0) is 13.3 Å². The van der Waals surface area contributed by atoms with Gasteiger partial charge in [0.05, 0.1) is 6.61 Å². The van der Waals surface area contributed by atoms with Gasteiger partial charge >= 0.3 is 6.18 Å². The molecule has 0 amide bonds. The minimum absolute atomic E-state index is 0.0385. The van der Waals surface area contributed by atoms with E-state index >= 15 is 0 Å². The van der Waals surface area contributed by atoms with Crippen LogP contribution in [0.2, 0.25) is 0 Å². The SMILES string of the molecule is CCNc1ncnc(NCCOCC(F)(F)F)c1CC. The van der Waals surface area contributed by atoms with Crippen LogP contribution in [0.3, 0.4) is 0 Å². The summed E-state index contributed by atoms with van der Waals surface area (Å²) in [5.41, 5.74) is 0.908. The van der Waals surface area contributed by atoms with E-state index in [1.807, 2.05) is 13.8 Å². The molecular weight excluding hydrogens is 273 g/mol. The Balaban J connectivity index is 2.49. The fourth-order valence-electron chi connectivity index (χ4n) is 1.65. The Kier molecular flexibility index (Phi) is 6.50. The Labute approximate surface area is 116 Å². The first kappa shape index (κ1) is 16.5. The van der Waals surface area contributed by atoms with Crippen molar-refractivity contribution < 1.29 is 17.9 Å². The standard InChI is InChI=1S/C12H19F3N4O/c1-3-9-10(16-4-2)18-8-19-11(9)17-5-6-20-7-12(13,14)15/h8H,3-7H2,1-2H3,(H2,16,17,18,19). The van der Waals surface area contributed by atoms with Crippen molar-refractivity contribution in [1.82, 2.24) is 9.97 Å². The van der Waals surface area contributed by atoms with Crippen LogP contribution >= 0.6 is 0 Å². The summed E-state index contributed by atoms with van der Waals surface area (Å²) in [6.07, 6.45) is -2.16. The first-order valence-corrected chi connectivity index (χ1v) is 6.44. The van der Waals surface area contributed by atoms with E-state index in [1.165, 1.54) is 6.33 Å². The number of ether oxygens (including phenoxy) is 1. The number of nitrogens with one attached hydrogen (secondary N) is 2. The van der Waals surface area contributed by atoms with Crippen LogP contribution in [-0.2, 0) is 11.2 Å². The van der Waals surface area contributed by atoms with Gasteiger partial charge in [0.15, 0.2) is 0 Å². The molecule has 5 nitrogen and oxygen atoms in total. The summed E-state index contributed by atoms with van der Waals surface area (Å²) in [7, 11) is 0. The predicted octanol–water partition coefficient (Wildman–Crippen LogP) is 2.46. The third kappa shape index (κ3) is 5.60. The molecule has 0 aliphatic heterocycles. The molecule has 0 aliphatic carbocycles. The minimum Gasteiger partial charge on any atom is -0.370 e. The molecule has 0 unspecified atom stereocenters. The fourth-order valence-corrected chi connectivity index (χ4v) is 1.65. The summed E-state index contributed by atoms with van der Waals surface area (Å²) in [6, 6.07) is 0. The molecule has 1 aromatic heterocycles. The second kappa shape index (κ2) is 7.88. The lowest BCUT2D eigenvalue weighted by atomic mass is 10.2. The van der Waals surface area contributed by atoms with Gasteiger partial charge in [0.25, 0.3) is 0 Å². The van der Waals surface area contributed by atoms with Crippen molar-refractivity contribution in [2.24, 2.45) is 0 Å². The molecule has 0 saturated carbocycles. The highest BCUT2D eigenvalue weighted by molar-refractivity contribution is 5.57. The van der Waals surface area contributed by atoms with E-state index in [9.17, 15) is 13.2 Å². The van der Waals surface area contributed by atoms with Gasteiger partial charge in [-0.15, -0.1) is 0 Å². The molecule has 0 bridgehead atoms. The van der Waals surface area contributed by atoms with E-state index in [2.05, 4.69) is 25.3 Å². The van der Waals surface area contributed by atoms with Crippen LogP contribution in [0.25, 0.3) is 0 Å². The molecule has 0 spiro atoms. The van der Waals surface area contributed by atoms with Crippen molar-refractivity contribution in [3.8, 4) is 0 Å². The summed E-state index contributed by atoms with van der Waals surface area (Å²) in [5, 5.41) is 6.08. The van der Waals surface area contributed by atoms with Crippen LogP contribution in [0, 0.1) is 0 Å². The van der Waals surface area contributed by atoms with Crippen molar-refractivity contribution >= 4 is 11.6 Å². The first-order chi connectivity index (χ1) is 9.48. The highest BCUT2D eigenvalue weighted by atomic mass is 19.4. The largest absolute Gasteiger partial charge is 0.411 e. The van der Waals surface area contributed by atoms with Gasteiger partial charge in [-0.1, -0.05) is 6.92 Å². The van der Waals surface area contributed by atoms with Crippen LogP contribution in [-0.4, -0.2) is 42.4 Å². The number of anilines is 2. The maximum Gasteiger partial charge on any atom is 0.411 e. The quantitative estimate of drug-likeness (QED) is 0.721. The Morgan fingerprint density at radius 3 is 2.35 bits per heavy atom. The van der Waals surface area contributed by atoms with E-state index in [4.69, 9.17) is 0 Å². The molecule has 0 atom stereocenters. The zero-order chi connectivity index (χ0) is 15.0. The lowest BCUT2D eigenvalue weighted by Crippen LogP contribution is -2.20. The average molecular weight is 292 g/mol. The van der Waals surface area contributed by atoms with Crippen LogP contribution in [0.4, 0.5) is 24.8 Å². The summed E-state index contributed by atoms with van der Waals surface area (Å²) in [6.45, 7) is 3.64. The summed E-state index contributed by atoms with van der Waals surface area (Å²) >= 11 is 0. The van der Waals surface area contributed by atoms with E-state index in [1.54, 1.807) is 0 Å². The first-order valence-electron chi connectivity index (χ1n) is 6.44. The van der Waals surface area contributed by atoms with Gasteiger partial charge in [-0.2, -0.15) is 13.2 Å². The predicted molar refractivity (Wildman–Crippen MR) is 70.9 cm³/mol. The van der Waals surface area contributed by atoms with Crippen molar-refractivity contribution in [3.05, 3.63) is 11.9 Å². The third-order valence-corrected chi connectivity index (χ3v) is 2.45. The molecular formula is C12H19F3N4O. The molecule has 1 aromatic rings. The minimum atomic E-state index is -4.29. The van der Waals surface area contributed by atoms with Crippen LogP contribution in [0.5, 0.6) is 0 Å². The van der Waals surface area contributed by atoms with Crippen molar-refractivity contribution in [2.75, 3.05) is 36.9 Å². The molecule has 0 saturated heterocycles. The van der Waals surface area contributed by atoms with Gasteiger partial charge in [-0.3, -0.25) is 0 Å².